The molecular weight excluding hydrogens is 342 g/mol. The number of anilines is 1. The minimum absolute atomic E-state index is 0.262. The second-order valence-electron chi connectivity index (χ2n) is 5.48. The van der Waals surface area contributed by atoms with Crippen LogP contribution in [0.2, 0.25) is 5.02 Å². The summed E-state index contributed by atoms with van der Waals surface area (Å²) in [6.45, 7) is 3.77. The molecule has 0 saturated carbocycles. The number of amides is 1. The molecule has 0 fully saturated rings. The summed E-state index contributed by atoms with van der Waals surface area (Å²) < 4.78 is 16.3. The molecule has 1 N–H and O–H groups in total. The minimum atomic E-state index is -0.642. The molecule has 0 heterocycles. The number of carbonyl (C=O) groups is 1. The number of benzene rings is 2. The van der Waals surface area contributed by atoms with Gasteiger partial charge in [-0.15, -0.1) is 0 Å². The van der Waals surface area contributed by atoms with Crippen molar-refractivity contribution in [2.24, 2.45) is 0 Å². The molecule has 0 unspecified atom stereocenters. The van der Waals surface area contributed by atoms with Gasteiger partial charge in [-0.1, -0.05) is 18.5 Å². The smallest absolute Gasteiger partial charge is 0.265 e. The van der Waals surface area contributed by atoms with Crippen molar-refractivity contribution in [3.05, 3.63) is 47.0 Å². The Bertz CT molecular complexity index is 748. The molecule has 6 heteroatoms. The van der Waals surface area contributed by atoms with Crippen LogP contribution in [0.1, 0.15) is 18.9 Å². The number of methoxy groups -OCH3 is 2. The van der Waals surface area contributed by atoms with E-state index in [1.807, 2.05) is 19.9 Å². The molecule has 25 heavy (non-hydrogen) atoms. The first kappa shape index (κ1) is 18.9. The first-order valence-electron chi connectivity index (χ1n) is 7.94. The van der Waals surface area contributed by atoms with Crippen LogP contribution in [-0.2, 0) is 4.79 Å². The molecule has 1 amide bonds. The molecule has 0 radical (unpaired) electrons. The van der Waals surface area contributed by atoms with Gasteiger partial charge in [-0.05, 0) is 49.2 Å². The van der Waals surface area contributed by atoms with Crippen LogP contribution in [0.5, 0.6) is 17.2 Å². The van der Waals surface area contributed by atoms with Crippen LogP contribution in [0.15, 0.2) is 36.4 Å². The molecule has 2 rings (SSSR count). The molecule has 0 aromatic heterocycles. The van der Waals surface area contributed by atoms with Gasteiger partial charge in [0.05, 0.1) is 19.9 Å². The van der Waals surface area contributed by atoms with Gasteiger partial charge < -0.3 is 19.5 Å². The third-order valence-corrected chi connectivity index (χ3v) is 4.16. The summed E-state index contributed by atoms with van der Waals surface area (Å²) in [6, 6.07) is 10.5. The van der Waals surface area contributed by atoms with E-state index in [4.69, 9.17) is 25.8 Å². The summed E-state index contributed by atoms with van der Waals surface area (Å²) in [7, 11) is 3.11. The van der Waals surface area contributed by atoms with Crippen LogP contribution in [0.25, 0.3) is 0 Å². The van der Waals surface area contributed by atoms with E-state index in [0.29, 0.717) is 34.4 Å². The lowest BCUT2D eigenvalue weighted by Gasteiger charge is -2.19. The van der Waals surface area contributed by atoms with Gasteiger partial charge in [0.15, 0.2) is 6.10 Å². The normalized spacial score (nSPS) is 11.6. The van der Waals surface area contributed by atoms with Crippen molar-refractivity contribution < 1.29 is 19.0 Å². The summed E-state index contributed by atoms with van der Waals surface area (Å²) in [4.78, 5) is 12.6. The summed E-state index contributed by atoms with van der Waals surface area (Å²) in [5.41, 5.74) is 1.42. The van der Waals surface area contributed by atoms with Gasteiger partial charge in [-0.2, -0.15) is 0 Å². The van der Waals surface area contributed by atoms with Crippen molar-refractivity contribution in [2.45, 2.75) is 26.4 Å². The highest BCUT2D eigenvalue weighted by atomic mass is 35.5. The van der Waals surface area contributed by atoms with E-state index in [9.17, 15) is 4.79 Å². The largest absolute Gasteiger partial charge is 0.497 e. The maximum absolute atomic E-state index is 12.6. The van der Waals surface area contributed by atoms with Gasteiger partial charge >= 0.3 is 0 Å². The zero-order valence-corrected chi connectivity index (χ0v) is 15.5. The standard InChI is InChI=1S/C19H22ClNO4/c1-5-17(25-14-6-8-15(20)12(2)10-14)19(22)21-16-11-13(23-3)7-9-18(16)24-4/h6-11,17H,5H2,1-4H3,(H,21,22)/t17-/m0/s1. The van der Waals surface area contributed by atoms with Gasteiger partial charge in [0.25, 0.3) is 5.91 Å². The number of nitrogens with one attached hydrogen (secondary N) is 1. The van der Waals surface area contributed by atoms with Crippen molar-refractivity contribution in [1.29, 1.82) is 0 Å². The Labute approximate surface area is 152 Å². The Morgan fingerprint density at radius 1 is 1.12 bits per heavy atom. The lowest BCUT2D eigenvalue weighted by Crippen LogP contribution is -2.32. The Hall–Kier alpha value is -2.40. The van der Waals surface area contributed by atoms with E-state index < -0.39 is 6.10 Å². The molecule has 2 aromatic carbocycles. The number of ether oxygens (including phenoxy) is 3. The van der Waals surface area contributed by atoms with Gasteiger partial charge in [-0.25, -0.2) is 0 Å². The maximum Gasteiger partial charge on any atom is 0.265 e. The number of aryl methyl sites for hydroxylation is 1. The lowest BCUT2D eigenvalue weighted by molar-refractivity contribution is -0.122. The number of rotatable bonds is 7. The van der Waals surface area contributed by atoms with Crippen molar-refractivity contribution in [3.8, 4) is 17.2 Å². The topological polar surface area (TPSA) is 56.8 Å². The monoisotopic (exact) mass is 363 g/mol. The second-order valence-corrected chi connectivity index (χ2v) is 5.89. The fraction of sp³-hybridized carbons (Fsp3) is 0.316. The van der Waals surface area contributed by atoms with E-state index in [1.165, 1.54) is 0 Å². The second kappa shape index (κ2) is 8.62. The number of hydrogen-bond acceptors (Lipinski definition) is 4. The van der Waals surface area contributed by atoms with E-state index in [2.05, 4.69) is 5.32 Å². The van der Waals surface area contributed by atoms with Crippen molar-refractivity contribution >= 4 is 23.2 Å². The predicted molar refractivity (Wildman–Crippen MR) is 99.1 cm³/mol. The van der Waals surface area contributed by atoms with Gasteiger partial charge in [0, 0.05) is 11.1 Å². The third-order valence-electron chi connectivity index (χ3n) is 3.74. The Balaban J connectivity index is 2.15. The maximum atomic E-state index is 12.6. The molecule has 2 aromatic rings. The van der Waals surface area contributed by atoms with Gasteiger partial charge in [0.1, 0.15) is 17.2 Å². The highest BCUT2D eigenvalue weighted by Crippen LogP contribution is 2.29. The van der Waals surface area contributed by atoms with Gasteiger partial charge in [0.2, 0.25) is 0 Å². The number of halogens is 1. The van der Waals surface area contributed by atoms with Crippen LogP contribution in [0, 0.1) is 6.92 Å². The summed E-state index contributed by atoms with van der Waals surface area (Å²) in [6.07, 6.45) is -0.128. The van der Waals surface area contributed by atoms with E-state index in [0.717, 1.165) is 5.56 Å². The summed E-state index contributed by atoms with van der Waals surface area (Å²) >= 11 is 6.02. The van der Waals surface area contributed by atoms with Crippen LogP contribution in [0.4, 0.5) is 5.69 Å². The Morgan fingerprint density at radius 2 is 1.84 bits per heavy atom. The molecule has 1 atom stereocenters. The molecule has 0 spiro atoms. The fourth-order valence-corrected chi connectivity index (χ4v) is 2.42. The molecule has 5 nitrogen and oxygen atoms in total. The van der Waals surface area contributed by atoms with Crippen LogP contribution in [-0.4, -0.2) is 26.2 Å². The first-order valence-corrected chi connectivity index (χ1v) is 8.32. The molecule has 0 saturated heterocycles. The third kappa shape index (κ3) is 4.79. The molecule has 134 valence electrons. The lowest BCUT2D eigenvalue weighted by atomic mass is 10.2. The quantitative estimate of drug-likeness (QED) is 0.789. The van der Waals surface area contributed by atoms with E-state index in [-0.39, 0.29) is 5.91 Å². The highest BCUT2D eigenvalue weighted by molar-refractivity contribution is 6.31. The number of hydrogen-bond donors (Lipinski definition) is 1. The SMILES string of the molecule is CC[C@H](Oc1ccc(Cl)c(C)c1)C(=O)Nc1cc(OC)ccc1OC. The molecule has 0 bridgehead atoms. The van der Waals surface area contributed by atoms with Crippen molar-refractivity contribution in [1.82, 2.24) is 0 Å². The minimum Gasteiger partial charge on any atom is -0.497 e. The molecule has 0 aliphatic heterocycles. The van der Waals surface area contributed by atoms with Crippen LogP contribution < -0.4 is 19.5 Å². The molecule has 0 aliphatic rings. The van der Waals surface area contributed by atoms with Crippen molar-refractivity contribution in [2.75, 3.05) is 19.5 Å². The zero-order valence-electron chi connectivity index (χ0n) is 14.8. The summed E-state index contributed by atoms with van der Waals surface area (Å²) in [5, 5.41) is 3.50. The fourth-order valence-electron chi connectivity index (χ4n) is 2.30. The highest BCUT2D eigenvalue weighted by Gasteiger charge is 2.20. The zero-order chi connectivity index (χ0) is 18.4. The first-order chi connectivity index (χ1) is 12.0. The van der Waals surface area contributed by atoms with E-state index in [1.54, 1.807) is 44.6 Å². The Morgan fingerprint density at radius 3 is 2.44 bits per heavy atom. The Kier molecular flexibility index (Phi) is 6.53. The molecular formula is C19H22ClNO4. The summed E-state index contributed by atoms with van der Waals surface area (Å²) in [5.74, 6) is 1.51. The van der Waals surface area contributed by atoms with E-state index >= 15 is 0 Å². The average molecular weight is 364 g/mol. The predicted octanol–water partition coefficient (Wildman–Crippen LogP) is 4.46. The van der Waals surface area contributed by atoms with Crippen molar-refractivity contribution in [3.63, 3.8) is 0 Å². The number of carbonyl (C=O) groups excluding carboxylic acids is 1. The molecule has 0 aliphatic carbocycles. The van der Waals surface area contributed by atoms with Crippen LogP contribution >= 0.6 is 11.6 Å². The average Bonchev–Trinajstić information content (AvgIpc) is 2.62. The van der Waals surface area contributed by atoms with Gasteiger partial charge in [-0.3, -0.25) is 4.79 Å². The van der Waals surface area contributed by atoms with Crippen LogP contribution in [0.3, 0.4) is 0 Å².